The monoisotopic (exact) mass is 283 g/mol. The molecule has 5 nitrogen and oxygen atoms in total. The third-order valence-electron chi connectivity index (χ3n) is 3.60. The summed E-state index contributed by atoms with van der Waals surface area (Å²) in [6.07, 6.45) is 4.00. The second kappa shape index (κ2) is 4.35. The van der Waals surface area contributed by atoms with Crippen LogP contribution in [0.15, 0.2) is 24.5 Å². The normalized spacial score (nSPS) is 12.2. The van der Waals surface area contributed by atoms with Crippen LogP contribution in [0.1, 0.15) is 32.0 Å². The number of nitrogens with two attached hydrogens (primary N) is 1. The van der Waals surface area contributed by atoms with Crippen molar-refractivity contribution in [1.29, 1.82) is 0 Å². The molecule has 3 aromatic heterocycles. The van der Waals surface area contributed by atoms with E-state index in [0.717, 1.165) is 28.2 Å². The van der Waals surface area contributed by atoms with Crippen LogP contribution < -0.4 is 5.73 Å². The molecule has 0 saturated carbocycles. The fourth-order valence-corrected chi connectivity index (χ4v) is 2.58. The lowest BCUT2D eigenvalue weighted by molar-refractivity contribution is 0.554. The Hall–Kier alpha value is -2.30. The van der Waals surface area contributed by atoms with E-state index in [-0.39, 0.29) is 5.41 Å². The largest absolute Gasteiger partial charge is 0.383 e. The molecule has 0 aliphatic carbocycles. The van der Waals surface area contributed by atoms with E-state index in [1.165, 1.54) is 0 Å². The van der Waals surface area contributed by atoms with Crippen LogP contribution in [0.3, 0.4) is 0 Å². The predicted octanol–water partition coefficient (Wildman–Crippen LogP) is 2.92. The molecule has 0 bridgehead atoms. The van der Waals surface area contributed by atoms with Gasteiger partial charge in [-0.05, 0) is 18.6 Å². The summed E-state index contributed by atoms with van der Waals surface area (Å²) < 4.78 is 3.76. The number of hydrogen-bond acceptors (Lipinski definition) is 3. The predicted molar refractivity (Wildman–Crippen MR) is 85.2 cm³/mol. The average molecular weight is 283 g/mol. The molecular weight excluding hydrogens is 262 g/mol. The number of imidazole rings is 1. The minimum Gasteiger partial charge on any atom is -0.383 e. The molecule has 0 spiro atoms. The van der Waals surface area contributed by atoms with Gasteiger partial charge in [0, 0.05) is 30.4 Å². The Bertz CT molecular complexity index is 817. The summed E-state index contributed by atoms with van der Waals surface area (Å²) in [4.78, 5) is 4.70. The summed E-state index contributed by atoms with van der Waals surface area (Å²) in [6, 6.07) is 4.03. The maximum atomic E-state index is 6.32. The maximum Gasteiger partial charge on any atom is 0.139 e. The van der Waals surface area contributed by atoms with E-state index in [9.17, 15) is 0 Å². The number of aromatic nitrogens is 4. The molecule has 5 heteroatoms. The molecule has 3 heterocycles. The van der Waals surface area contributed by atoms with Crippen LogP contribution in [0.5, 0.6) is 0 Å². The van der Waals surface area contributed by atoms with E-state index in [4.69, 9.17) is 10.7 Å². The smallest absolute Gasteiger partial charge is 0.139 e. The Labute approximate surface area is 124 Å². The SMILES string of the molecule is Cc1ccc2nc(-c3cn(C)nc3C(C)(C)C)c(N)n2c1. The minimum atomic E-state index is -0.0608. The lowest BCUT2D eigenvalue weighted by Crippen LogP contribution is -2.14. The van der Waals surface area contributed by atoms with Crippen LogP contribution in [0.2, 0.25) is 0 Å². The standard InChI is InChI=1S/C16H21N5/c1-10-6-7-12-18-13(15(17)21(12)8-10)11-9-20(5)19-14(11)16(2,3)4/h6-9H,17H2,1-5H3. The van der Waals surface area contributed by atoms with Crippen LogP contribution >= 0.6 is 0 Å². The number of nitrogen functional groups attached to an aromatic ring is 1. The third-order valence-corrected chi connectivity index (χ3v) is 3.60. The number of hydrogen-bond donors (Lipinski definition) is 1. The summed E-state index contributed by atoms with van der Waals surface area (Å²) in [5.74, 6) is 0.659. The van der Waals surface area contributed by atoms with Crippen LogP contribution in [0.4, 0.5) is 5.82 Å². The third kappa shape index (κ3) is 2.18. The second-order valence-corrected chi connectivity index (χ2v) is 6.60. The Morgan fingerprint density at radius 2 is 1.86 bits per heavy atom. The van der Waals surface area contributed by atoms with Crippen molar-refractivity contribution in [2.75, 3.05) is 5.73 Å². The molecule has 0 aliphatic heterocycles. The van der Waals surface area contributed by atoms with Crippen LogP contribution in [0, 0.1) is 6.92 Å². The number of rotatable bonds is 1. The van der Waals surface area contributed by atoms with E-state index >= 15 is 0 Å². The fourth-order valence-electron chi connectivity index (χ4n) is 2.58. The van der Waals surface area contributed by atoms with Crippen molar-refractivity contribution >= 4 is 11.5 Å². The molecule has 0 saturated heterocycles. The molecule has 3 aromatic rings. The summed E-state index contributed by atoms with van der Waals surface area (Å²) >= 11 is 0. The minimum absolute atomic E-state index is 0.0608. The molecule has 21 heavy (non-hydrogen) atoms. The lowest BCUT2D eigenvalue weighted by Gasteiger charge is -2.16. The molecule has 3 rings (SSSR count). The lowest BCUT2D eigenvalue weighted by atomic mass is 9.89. The number of anilines is 1. The summed E-state index contributed by atoms with van der Waals surface area (Å²) in [7, 11) is 1.93. The average Bonchev–Trinajstić information content (AvgIpc) is 2.91. The molecule has 0 aromatic carbocycles. The van der Waals surface area contributed by atoms with Crippen molar-refractivity contribution in [3.05, 3.63) is 35.8 Å². The Kier molecular flexibility index (Phi) is 2.83. The van der Waals surface area contributed by atoms with Crippen molar-refractivity contribution in [2.24, 2.45) is 7.05 Å². The van der Waals surface area contributed by atoms with Gasteiger partial charge in [0.05, 0.1) is 5.69 Å². The number of nitrogens with zero attached hydrogens (tertiary/aromatic N) is 4. The van der Waals surface area contributed by atoms with Crippen LogP contribution in [-0.4, -0.2) is 19.2 Å². The zero-order valence-corrected chi connectivity index (χ0v) is 13.2. The maximum absolute atomic E-state index is 6.32. The van der Waals surface area contributed by atoms with Gasteiger partial charge in [-0.1, -0.05) is 26.8 Å². The van der Waals surface area contributed by atoms with E-state index in [1.54, 1.807) is 0 Å². The van der Waals surface area contributed by atoms with Crippen molar-refractivity contribution in [3.63, 3.8) is 0 Å². The van der Waals surface area contributed by atoms with Crippen LogP contribution in [0.25, 0.3) is 16.9 Å². The fraction of sp³-hybridized carbons (Fsp3) is 0.375. The van der Waals surface area contributed by atoms with Crippen LogP contribution in [-0.2, 0) is 12.5 Å². The summed E-state index contributed by atoms with van der Waals surface area (Å²) in [6.45, 7) is 8.49. The van der Waals surface area contributed by atoms with E-state index in [0.29, 0.717) is 5.82 Å². The Morgan fingerprint density at radius 3 is 2.52 bits per heavy atom. The van der Waals surface area contributed by atoms with Crippen molar-refractivity contribution in [3.8, 4) is 11.3 Å². The first-order valence-electron chi connectivity index (χ1n) is 7.06. The Balaban J connectivity index is 2.29. The second-order valence-electron chi connectivity index (χ2n) is 6.60. The highest BCUT2D eigenvalue weighted by Gasteiger charge is 2.25. The van der Waals surface area contributed by atoms with Gasteiger partial charge in [0.15, 0.2) is 0 Å². The summed E-state index contributed by atoms with van der Waals surface area (Å²) in [5, 5.41) is 4.60. The highest BCUT2D eigenvalue weighted by atomic mass is 15.3. The van der Waals surface area contributed by atoms with E-state index in [1.807, 2.05) is 47.6 Å². The molecule has 0 fully saturated rings. The summed E-state index contributed by atoms with van der Waals surface area (Å²) in [5.41, 5.74) is 11.1. The topological polar surface area (TPSA) is 61.1 Å². The molecule has 110 valence electrons. The quantitative estimate of drug-likeness (QED) is 0.747. The molecule has 0 atom stereocenters. The van der Waals surface area contributed by atoms with Crippen molar-refractivity contribution in [2.45, 2.75) is 33.1 Å². The number of aryl methyl sites for hydroxylation is 2. The van der Waals surface area contributed by atoms with E-state index < -0.39 is 0 Å². The van der Waals surface area contributed by atoms with Gasteiger partial charge < -0.3 is 5.73 Å². The van der Waals surface area contributed by atoms with Gasteiger partial charge in [-0.3, -0.25) is 9.08 Å². The molecule has 0 aliphatic rings. The molecule has 0 amide bonds. The van der Waals surface area contributed by atoms with Crippen molar-refractivity contribution < 1.29 is 0 Å². The number of fused-ring (bicyclic) bond motifs is 1. The van der Waals surface area contributed by atoms with Gasteiger partial charge in [0.1, 0.15) is 17.2 Å². The van der Waals surface area contributed by atoms with Gasteiger partial charge in [-0.2, -0.15) is 5.10 Å². The van der Waals surface area contributed by atoms with Gasteiger partial charge >= 0.3 is 0 Å². The van der Waals surface area contributed by atoms with Gasteiger partial charge in [-0.25, -0.2) is 4.98 Å². The molecule has 0 unspecified atom stereocenters. The van der Waals surface area contributed by atoms with Gasteiger partial charge in [-0.15, -0.1) is 0 Å². The van der Waals surface area contributed by atoms with E-state index in [2.05, 4.69) is 25.9 Å². The molecule has 2 N–H and O–H groups in total. The number of pyridine rings is 1. The first-order valence-corrected chi connectivity index (χ1v) is 7.06. The zero-order chi connectivity index (χ0) is 15.4. The first-order chi connectivity index (χ1) is 9.77. The van der Waals surface area contributed by atoms with Gasteiger partial charge in [0.25, 0.3) is 0 Å². The Morgan fingerprint density at radius 1 is 1.14 bits per heavy atom. The molecule has 0 radical (unpaired) electrons. The highest BCUT2D eigenvalue weighted by molar-refractivity contribution is 5.76. The first kappa shape index (κ1) is 13.7. The van der Waals surface area contributed by atoms with Gasteiger partial charge in [0.2, 0.25) is 0 Å². The molecular formula is C16H21N5. The van der Waals surface area contributed by atoms with Crippen molar-refractivity contribution in [1.82, 2.24) is 19.2 Å². The zero-order valence-electron chi connectivity index (χ0n) is 13.2. The highest BCUT2D eigenvalue weighted by Crippen LogP contribution is 2.34.